The van der Waals surface area contributed by atoms with Crippen LogP contribution < -0.4 is 11.1 Å². The normalized spacial score (nSPS) is 13.6. The van der Waals surface area contributed by atoms with Crippen molar-refractivity contribution in [2.45, 2.75) is 38.8 Å². The number of nitrogens with one attached hydrogen (secondary N) is 1. The van der Waals surface area contributed by atoms with Crippen molar-refractivity contribution in [1.29, 1.82) is 0 Å². The highest BCUT2D eigenvalue weighted by molar-refractivity contribution is 5.81. The molecule has 6 nitrogen and oxygen atoms in total. The lowest BCUT2D eigenvalue weighted by atomic mass is 10.1. The van der Waals surface area contributed by atoms with Crippen molar-refractivity contribution in [3.63, 3.8) is 0 Å². The maximum Gasteiger partial charge on any atom is 0.269 e. The Hall–Kier alpha value is -1.95. The van der Waals surface area contributed by atoms with Crippen molar-refractivity contribution in [2.75, 3.05) is 0 Å². The quantitative estimate of drug-likeness (QED) is 0.606. The van der Waals surface area contributed by atoms with Crippen molar-refractivity contribution in [3.05, 3.63) is 39.9 Å². The summed E-state index contributed by atoms with van der Waals surface area (Å²) in [6.07, 6.45) is 1.45. The molecule has 0 radical (unpaired) electrons. The summed E-state index contributed by atoms with van der Waals surface area (Å²) in [6.45, 7) is 3.73. The molecule has 0 aliphatic heterocycles. The molecule has 0 saturated carbocycles. The van der Waals surface area contributed by atoms with Gasteiger partial charge in [0.05, 0.1) is 17.0 Å². The van der Waals surface area contributed by atoms with Gasteiger partial charge in [-0.15, -0.1) is 0 Å². The van der Waals surface area contributed by atoms with Crippen LogP contribution in [0.15, 0.2) is 24.3 Å². The summed E-state index contributed by atoms with van der Waals surface area (Å²) in [5.41, 5.74) is 6.41. The average molecular weight is 265 g/mol. The molecule has 1 aromatic rings. The molecule has 3 N–H and O–H groups in total. The summed E-state index contributed by atoms with van der Waals surface area (Å²) >= 11 is 0. The van der Waals surface area contributed by atoms with Crippen LogP contribution in [-0.2, 0) is 4.79 Å². The first-order chi connectivity index (χ1) is 8.95. The Morgan fingerprint density at radius 2 is 2.21 bits per heavy atom. The van der Waals surface area contributed by atoms with Gasteiger partial charge in [-0.3, -0.25) is 14.9 Å². The van der Waals surface area contributed by atoms with Gasteiger partial charge in [-0.25, -0.2) is 0 Å². The summed E-state index contributed by atoms with van der Waals surface area (Å²) < 4.78 is 0. The molecule has 1 rings (SSSR count). The topological polar surface area (TPSA) is 98.3 Å². The summed E-state index contributed by atoms with van der Waals surface area (Å²) in [7, 11) is 0. The van der Waals surface area contributed by atoms with E-state index in [4.69, 9.17) is 5.73 Å². The highest BCUT2D eigenvalue weighted by Crippen LogP contribution is 2.19. The molecule has 0 saturated heterocycles. The third-order valence-electron chi connectivity index (χ3n) is 2.88. The van der Waals surface area contributed by atoms with Crippen molar-refractivity contribution in [1.82, 2.24) is 5.32 Å². The van der Waals surface area contributed by atoms with Gasteiger partial charge in [0.1, 0.15) is 0 Å². The van der Waals surface area contributed by atoms with E-state index in [1.54, 1.807) is 19.1 Å². The van der Waals surface area contributed by atoms with Gasteiger partial charge in [-0.05, 0) is 18.9 Å². The molecule has 6 heteroatoms. The maximum absolute atomic E-state index is 11.8. The smallest absolute Gasteiger partial charge is 0.269 e. The first-order valence-electron chi connectivity index (χ1n) is 6.26. The predicted octanol–water partition coefficient (Wildman–Crippen LogP) is 1.90. The van der Waals surface area contributed by atoms with Crippen LogP contribution in [0.1, 0.15) is 38.3 Å². The van der Waals surface area contributed by atoms with Gasteiger partial charge in [0.15, 0.2) is 0 Å². The zero-order chi connectivity index (χ0) is 14.4. The SMILES string of the molecule is CCCC(N)C(=O)NC(C)c1cccc([N+](=O)[O-])c1. The number of hydrogen-bond donors (Lipinski definition) is 2. The van der Waals surface area contributed by atoms with Crippen LogP contribution >= 0.6 is 0 Å². The largest absolute Gasteiger partial charge is 0.348 e. The predicted molar refractivity (Wildman–Crippen MR) is 72.5 cm³/mol. The Bertz CT molecular complexity index is 462. The number of hydrogen-bond acceptors (Lipinski definition) is 4. The number of rotatable bonds is 6. The van der Waals surface area contributed by atoms with Crippen LogP contribution in [0, 0.1) is 10.1 Å². The van der Waals surface area contributed by atoms with Crippen LogP contribution in [0.4, 0.5) is 5.69 Å². The molecular formula is C13H19N3O3. The van der Waals surface area contributed by atoms with Crippen LogP contribution in [0.3, 0.4) is 0 Å². The summed E-state index contributed by atoms with van der Waals surface area (Å²) in [5, 5.41) is 13.4. The molecule has 0 aliphatic carbocycles. The van der Waals surface area contributed by atoms with E-state index in [0.29, 0.717) is 12.0 Å². The minimum Gasteiger partial charge on any atom is -0.348 e. The van der Waals surface area contributed by atoms with E-state index in [-0.39, 0.29) is 17.6 Å². The van der Waals surface area contributed by atoms with E-state index in [9.17, 15) is 14.9 Å². The van der Waals surface area contributed by atoms with Crippen molar-refractivity contribution < 1.29 is 9.72 Å². The number of nitrogens with zero attached hydrogens (tertiary/aromatic N) is 1. The molecule has 0 aromatic heterocycles. The molecule has 0 aliphatic rings. The number of nitro benzene ring substituents is 1. The zero-order valence-electron chi connectivity index (χ0n) is 11.1. The Labute approximate surface area is 112 Å². The van der Waals surface area contributed by atoms with Crippen molar-refractivity contribution >= 4 is 11.6 Å². The first kappa shape index (κ1) is 15.1. The monoisotopic (exact) mass is 265 g/mol. The van der Waals surface area contributed by atoms with E-state index in [0.717, 1.165) is 6.42 Å². The van der Waals surface area contributed by atoms with Gasteiger partial charge in [-0.2, -0.15) is 0 Å². The van der Waals surface area contributed by atoms with Gasteiger partial charge in [0.2, 0.25) is 5.91 Å². The van der Waals surface area contributed by atoms with E-state index in [1.807, 2.05) is 6.92 Å². The lowest BCUT2D eigenvalue weighted by Crippen LogP contribution is -2.41. The number of nitrogens with two attached hydrogens (primary N) is 1. The number of amides is 1. The molecule has 19 heavy (non-hydrogen) atoms. The van der Waals surface area contributed by atoms with Gasteiger partial charge >= 0.3 is 0 Å². The second kappa shape index (κ2) is 6.84. The fourth-order valence-electron chi connectivity index (χ4n) is 1.75. The minimum atomic E-state index is -0.536. The first-order valence-corrected chi connectivity index (χ1v) is 6.26. The minimum absolute atomic E-state index is 0.0106. The fourth-order valence-corrected chi connectivity index (χ4v) is 1.75. The summed E-state index contributed by atoms with van der Waals surface area (Å²) in [5.74, 6) is -0.235. The van der Waals surface area contributed by atoms with Gasteiger partial charge < -0.3 is 11.1 Å². The Balaban J connectivity index is 2.72. The second-order valence-corrected chi connectivity index (χ2v) is 4.48. The Morgan fingerprint density at radius 3 is 2.79 bits per heavy atom. The fraction of sp³-hybridized carbons (Fsp3) is 0.462. The number of carbonyl (C=O) groups excluding carboxylic acids is 1. The van der Waals surface area contributed by atoms with Gasteiger partial charge in [0, 0.05) is 12.1 Å². The molecule has 0 bridgehead atoms. The van der Waals surface area contributed by atoms with E-state index >= 15 is 0 Å². The summed E-state index contributed by atoms with van der Waals surface area (Å²) in [4.78, 5) is 22.0. The highest BCUT2D eigenvalue weighted by Gasteiger charge is 2.17. The van der Waals surface area contributed by atoms with Crippen molar-refractivity contribution in [2.24, 2.45) is 5.73 Å². The lowest BCUT2D eigenvalue weighted by molar-refractivity contribution is -0.384. The third kappa shape index (κ3) is 4.33. The molecule has 2 unspecified atom stereocenters. The van der Waals surface area contributed by atoms with Gasteiger partial charge in [-0.1, -0.05) is 25.5 Å². The molecular weight excluding hydrogens is 246 g/mol. The van der Waals surface area contributed by atoms with Crippen LogP contribution in [0.5, 0.6) is 0 Å². The summed E-state index contributed by atoms with van der Waals surface area (Å²) in [6, 6.07) is 5.36. The van der Waals surface area contributed by atoms with Crippen LogP contribution in [0.25, 0.3) is 0 Å². The number of nitro groups is 1. The highest BCUT2D eigenvalue weighted by atomic mass is 16.6. The van der Waals surface area contributed by atoms with Crippen LogP contribution in [0.2, 0.25) is 0 Å². The lowest BCUT2D eigenvalue weighted by Gasteiger charge is -2.17. The molecule has 0 heterocycles. The number of benzene rings is 1. The molecule has 0 fully saturated rings. The average Bonchev–Trinajstić information content (AvgIpc) is 2.39. The van der Waals surface area contributed by atoms with Gasteiger partial charge in [0.25, 0.3) is 5.69 Å². The molecule has 1 amide bonds. The number of carbonyl (C=O) groups is 1. The molecule has 2 atom stereocenters. The Morgan fingerprint density at radius 1 is 1.53 bits per heavy atom. The third-order valence-corrected chi connectivity index (χ3v) is 2.88. The van der Waals surface area contributed by atoms with E-state index < -0.39 is 11.0 Å². The van der Waals surface area contributed by atoms with E-state index in [2.05, 4.69) is 5.32 Å². The van der Waals surface area contributed by atoms with E-state index in [1.165, 1.54) is 12.1 Å². The van der Waals surface area contributed by atoms with Crippen molar-refractivity contribution in [3.8, 4) is 0 Å². The standard InChI is InChI=1S/C13H19N3O3/c1-3-5-12(14)13(17)15-9(2)10-6-4-7-11(8-10)16(18)19/h4,6-9,12H,3,5,14H2,1-2H3,(H,15,17). The molecule has 0 spiro atoms. The molecule has 1 aromatic carbocycles. The number of non-ortho nitro benzene ring substituents is 1. The van der Waals surface area contributed by atoms with Crippen LogP contribution in [-0.4, -0.2) is 16.9 Å². The second-order valence-electron chi connectivity index (χ2n) is 4.48. The zero-order valence-corrected chi connectivity index (χ0v) is 11.1. The molecule has 104 valence electrons. The maximum atomic E-state index is 11.8. The Kier molecular flexibility index (Phi) is 5.44.